The minimum atomic E-state index is -0.891. The smallest absolute Gasteiger partial charge is 0.410 e. The molecule has 3 aromatic carbocycles. The Morgan fingerprint density at radius 1 is 0.917 bits per heavy atom. The average molecular weight is 486 g/mol. The summed E-state index contributed by atoms with van der Waals surface area (Å²) in [5.74, 6) is -0.193. The van der Waals surface area contributed by atoms with Gasteiger partial charge < -0.3 is 14.7 Å². The zero-order valence-electron chi connectivity index (χ0n) is 20.4. The van der Waals surface area contributed by atoms with Crippen LogP contribution in [0, 0.1) is 5.82 Å². The fourth-order valence-electron chi connectivity index (χ4n) is 6.77. The number of halogens is 1. The van der Waals surface area contributed by atoms with E-state index >= 15 is 0 Å². The highest BCUT2D eigenvalue weighted by atomic mass is 19.1. The first-order valence-electron chi connectivity index (χ1n) is 13.1. The highest BCUT2D eigenvalue weighted by Gasteiger charge is 2.47. The van der Waals surface area contributed by atoms with Crippen LogP contribution in [0.2, 0.25) is 0 Å². The number of hydrogen-bond donors (Lipinski definition) is 1. The highest BCUT2D eigenvalue weighted by Crippen LogP contribution is 2.45. The summed E-state index contributed by atoms with van der Waals surface area (Å²) in [6, 6.07) is 23.4. The summed E-state index contributed by atoms with van der Waals surface area (Å²) in [5.41, 5.74) is 4.57. The van der Waals surface area contributed by atoms with Gasteiger partial charge in [-0.15, -0.1) is 0 Å². The van der Waals surface area contributed by atoms with Crippen molar-refractivity contribution in [2.75, 3.05) is 6.61 Å². The van der Waals surface area contributed by atoms with Gasteiger partial charge in [0.2, 0.25) is 0 Å². The largest absolute Gasteiger partial charge is 0.448 e. The van der Waals surface area contributed by atoms with Crippen molar-refractivity contribution in [2.24, 2.45) is 0 Å². The van der Waals surface area contributed by atoms with Gasteiger partial charge in [0, 0.05) is 18.0 Å². The molecule has 1 amide bonds. The van der Waals surface area contributed by atoms with Gasteiger partial charge in [0.15, 0.2) is 0 Å². The van der Waals surface area contributed by atoms with Crippen molar-refractivity contribution in [3.05, 3.63) is 95.3 Å². The number of rotatable bonds is 5. The lowest BCUT2D eigenvalue weighted by Crippen LogP contribution is -2.60. The summed E-state index contributed by atoms with van der Waals surface area (Å²) in [5, 5.41) is 11.4. The molecule has 5 heteroatoms. The standard InChI is InChI=1S/C31H32FNO3/c32-29-15-6-1-8-21(29)16-17-31(35)18-22-9-7-10-23(19-31)33(22)30(34)36-20-28-26-13-4-2-11-24(26)25-12-3-5-14-27(25)28/h1-6,8,11-15,22-23,28,35H,7,9-10,16-20H2. The summed E-state index contributed by atoms with van der Waals surface area (Å²) < 4.78 is 20.1. The molecule has 0 aromatic heterocycles. The number of ether oxygens (including phenoxy) is 1. The Labute approximate surface area is 211 Å². The predicted octanol–water partition coefficient (Wildman–Crippen LogP) is 6.46. The Hall–Kier alpha value is -3.18. The van der Waals surface area contributed by atoms with Crippen LogP contribution >= 0.6 is 0 Å². The van der Waals surface area contributed by atoms with E-state index in [-0.39, 0.29) is 29.9 Å². The van der Waals surface area contributed by atoms with Crippen LogP contribution in [0.15, 0.2) is 72.8 Å². The SMILES string of the molecule is O=C(OCC1c2ccccc2-c2ccccc21)N1C2CCCC1CC(O)(CCc1ccccc1F)C2. The fraction of sp³-hybridized carbons (Fsp3) is 0.387. The molecule has 0 radical (unpaired) electrons. The van der Waals surface area contributed by atoms with E-state index in [4.69, 9.17) is 4.74 Å². The van der Waals surface area contributed by atoms with E-state index in [1.807, 2.05) is 35.2 Å². The number of carbonyl (C=O) groups is 1. The first-order chi connectivity index (χ1) is 17.5. The Bertz CT molecular complexity index is 1210. The molecule has 3 aliphatic rings. The second kappa shape index (κ2) is 9.36. The third-order valence-corrected chi connectivity index (χ3v) is 8.46. The molecular weight excluding hydrogens is 453 g/mol. The lowest BCUT2D eigenvalue weighted by atomic mass is 9.73. The van der Waals surface area contributed by atoms with Gasteiger partial charge in [-0.25, -0.2) is 9.18 Å². The van der Waals surface area contributed by atoms with Crippen LogP contribution in [-0.2, 0) is 11.2 Å². The molecule has 2 unspecified atom stereocenters. The molecule has 3 aromatic rings. The normalized spacial score (nSPS) is 24.8. The summed E-state index contributed by atoms with van der Waals surface area (Å²) in [6.07, 6.45) is 4.52. The highest BCUT2D eigenvalue weighted by molar-refractivity contribution is 5.79. The summed E-state index contributed by atoms with van der Waals surface area (Å²) in [4.78, 5) is 15.3. The molecule has 2 aliphatic heterocycles. The zero-order chi connectivity index (χ0) is 24.7. The monoisotopic (exact) mass is 485 g/mol. The average Bonchev–Trinajstić information content (AvgIpc) is 3.20. The Morgan fingerprint density at radius 2 is 1.50 bits per heavy atom. The van der Waals surface area contributed by atoms with Crippen LogP contribution in [0.3, 0.4) is 0 Å². The lowest BCUT2D eigenvalue weighted by molar-refractivity contribution is -0.0883. The lowest BCUT2D eigenvalue weighted by Gasteiger charge is -2.51. The molecule has 0 saturated carbocycles. The first kappa shape index (κ1) is 23.2. The molecule has 1 aliphatic carbocycles. The van der Waals surface area contributed by atoms with E-state index in [0.29, 0.717) is 37.9 Å². The molecule has 6 rings (SSSR count). The van der Waals surface area contributed by atoms with Gasteiger partial charge in [-0.1, -0.05) is 66.7 Å². The first-order valence-corrected chi connectivity index (χ1v) is 13.1. The number of amides is 1. The maximum Gasteiger partial charge on any atom is 0.410 e. The van der Waals surface area contributed by atoms with Crippen molar-refractivity contribution in [1.29, 1.82) is 0 Å². The zero-order valence-corrected chi connectivity index (χ0v) is 20.4. The minimum absolute atomic E-state index is 0.0312. The second-order valence-corrected chi connectivity index (χ2v) is 10.7. The molecular formula is C31H32FNO3. The van der Waals surface area contributed by atoms with E-state index in [2.05, 4.69) is 24.3 Å². The van der Waals surface area contributed by atoms with Gasteiger partial charge in [-0.3, -0.25) is 0 Å². The topological polar surface area (TPSA) is 49.8 Å². The molecule has 1 N–H and O–H groups in total. The maximum absolute atomic E-state index is 14.1. The Morgan fingerprint density at radius 3 is 2.14 bits per heavy atom. The third kappa shape index (κ3) is 4.20. The molecule has 2 fully saturated rings. The van der Waals surface area contributed by atoms with Gasteiger partial charge in [0.25, 0.3) is 0 Å². The summed E-state index contributed by atoms with van der Waals surface area (Å²) >= 11 is 0. The van der Waals surface area contributed by atoms with Crippen molar-refractivity contribution in [1.82, 2.24) is 4.90 Å². The van der Waals surface area contributed by atoms with Crippen molar-refractivity contribution in [3.8, 4) is 11.1 Å². The summed E-state index contributed by atoms with van der Waals surface area (Å²) in [7, 11) is 0. The number of piperidine rings is 2. The predicted molar refractivity (Wildman–Crippen MR) is 137 cm³/mol. The van der Waals surface area contributed by atoms with Gasteiger partial charge in [0.05, 0.1) is 5.60 Å². The van der Waals surface area contributed by atoms with E-state index in [1.54, 1.807) is 12.1 Å². The minimum Gasteiger partial charge on any atom is -0.448 e. The number of hydrogen-bond acceptors (Lipinski definition) is 3. The van der Waals surface area contributed by atoms with E-state index in [9.17, 15) is 14.3 Å². The van der Waals surface area contributed by atoms with Crippen LogP contribution in [0.5, 0.6) is 0 Å². The van der Waals surface area contributed by atoms with Crippen LogP contribution in [0.25, 0.3) is 11.1 Å². The number of aryl methyl sites for hydroxylation is 1. The van der Waals surface area contributed by atoms with Crippen molar-refractivity contribution < 1.29 is 19.0 Å². The molecule has 2 atom stereocenters. The van der Waals surface area contributed by atoms with Gasteiger partial charge in [-0.05, 0) is 78.8 Å². The number of aliphatic hydroxyl groups is 1. The number of nitrogens with zero attached hydrogens (tertiary/aromatic N) is 1. The van der Waals surface area contributed by atoms with Crippen molar-refractivity contribution in [3.63, 3.8) is 0 Å². The van der Waals surface area contributed by atoms with Crippen molar-refractivity contribution >= 4 is 6.09 Å². The van der Waals surface area contributed by atoms with Gasteiger partial charge in [0.1, 0.15) is 12.4 Å². The van der Waals surface area contributed by atoms with Crippen LogP contribution in [-0.4, -0.2) is 40.4 Å². The van der Waals surface area contributed by atoms with Crippen LogP contribution in [0.4, 0.5) is 9.18 Å². The molecule has 36 heavy (non-hydrogen) atoms. The molecule has 2 heterocycles. The van der Waals surface area contributed by atoms with Crippen molar-refractivity contribution in [2.45, 2.75) is 68.5 Å². The quantitative estimate of drug-likeness (QED) is 0.452. The summed E-state index contributed by atoms with van der Waals surface area (Å²) in [6.45, 7) is 0.306. The van der Waals surface area contributed by atoms with Crippen LogP contribution < -0.4 is 0 Å². The van der Waals surface area contributed by atoms with E-state index < -0.39 is 5.60 Å². The second-order valence-electron chi connectivity index (χ2n) is 10.7. The Kier molecular flexibility index (Phi) is 6.04. The Balaban J connectivity index is 1.14. The van der Waals surface area contributed by atoms with E-state index in [1.165, 1.54) is 28.3 Å². The number of carbonyl (C=O) groups excluding carboxylic acids is 1. The number of benzene rings is 3. The third-order valence-electron chi connectivity index (χ3n) is 8.46. The van der Waals surface area contributed by atoms with E-state index in [0.717, 1.165) is 19.3 Å². The number of fused-ring (bicyclic) bond motifs is 5. The molecule has 2 bridgehead atoms. The molecule has 2 saturated heterocycles. The molecule has 4 nitrogen and oxygen atoms in total. The maximum atomic E-state index is 14.1. The van der Waals surface area contributed by atoms with Gasteiger partial charge in [-0.2, -0.15) is 0 Å². The van der Waals surface area contributed by atoms with Gasteiger partial charge >= 0.3 is 6.09 Å². The fourth-order valence-corrected chi connectivity index (χ4v) is 6.77. The molecule has 0 spiro atoms. The molecule has 186 valence electrons. The van der Waals surface area contributed by atoms with Crippen LogP contribution in [0.1, 0.15) is 61.1 Å².